The number of hydrogen-bond donors (Lipinski definition) is 1. The number of aromatic nitrogens is 1. The summed E-state index contributed by atoms with van der Waals surface area (Å²) in [6, 6.07) is 8.07. The number of carbonyl (C=O) groups is 1. The van der Waals surface area contributed by atoms with E-state index in [2.05, 4.69) is 15.2 Å². The minimum atomic E-state index is -0.620. The maximum atomic E-state index is 14.6. The summed E-state index contributed by atoms with van der Waals surface area (Å²) < 4.78 is 25.2. The molecule has 7 heteroatoms. The van der Waals surface area contributed by atoms with Crippen LogP contribution in [0.5, 0.6) is 5.75 Å². The van der Waals surface area contributed by atoms with Gasteiger partial charge >= 0.3 is 6.09 Å². The fourth-order valence-corrected chi connectivity index (χ4v) is 4.38. The molecule has 1 saturated heterocycles. The van der Waals surface area contributed by atoms with Gasteiger partial charge in [-0.1, -0.05) is 0 Å². The number of carbonyl (C=O) groups excluding carboxylic acids is 1. The summed E-state index contributed by atoms with van der Waals surface area (Å²) in [6.45, 7) is 5.41. The van der Waals surface area contributed by atoms with Gasteiger partial charge in [0.15, 0.2) is 0 Å². The van der Waals surface area contributed by atoms with E-state index >= 15 is 0 Å². The topological polar surface area (TPSA) is 63.7 Å². The van der Waals surface area contributed by atoms with E-state index in [1.54, 1.807) is 27.9 Å². The van der Waals surface area contributed by atoms with Crippen LogP contribution in [0.1, 0.15) is 50.8 Å². The molecule has 4 rings (SSSR count). The van der Waals surface area contributed by atoms with E-state index in [0.717, 1.165) is 29.8 Å². The maximum absolute atomic E-state index is 14.6. The Kier molecular flexibility index (Phi) is 4.84. The number of halogens is 1. The fourth-order valence-electron chi connectivity index (χ4n) is 4.38. The molecule has 2 bridgehead atoms. The zero-order valence-electron chi connectivity index (χ0n) is 17.2. The first-order valence-corrected chi connectivity index (χ1v) is 9.86. The quantitative estimate of drug-likeness (QED) is 0.748. The number of benzene rings is 1. The summed E-state index contributed by atoms with van der Waals surface area (Å²) >= 11 is 0. The number of pyridine rings is 1. The summed E-state index contributed by atoms with van der Waals surface area (Å²) in [5.41, 5.74) is 2.35. The van der Waals surface area contributed by atoms with Crippen LogP contribution in [0.25, 0.3) is 0 Å². The van der Waals surface area contributed by atoms with Crippen molar-refractivity contribution < 1.29 is 18.7 Å². The standard InChI is InChI=1S/C22H26FN3O3/c1-22(2,3)29-21(27)25-17-12-24-20(23)16-11-14-7-10-18(19(16)17)26(14)13-5-8-15(28-4)9-6-13/h5-6,8-9,12,14,18H,7,10-11H2,1-4H3,(H,25,27)/t14-,18?/m0/s1. The van der Waals surface area contributed by atoms with Gasteiger partial charge in [0, 0.05) is 22.9 Å². The molecule has 29 heavy (non-hydrogen) atoms. The molecule has 0 spiro atoms. The number of methoxy groups -OCH3 is 1. The van der Waals surface area contributed by atoms with Gasteiger partial charge in [-0.15, -0.1) is 0 Å². The molecule has 0 saturated carbocycles. The van der Waals surface area contributed by atoms with Crippen LogP contribution in [0.3, 0.4) is 0 Å². The Morgan fingerprint density at radius 3 is 2.62 bits per heavy atom. The molecule has 1 unspecified atom stereocenters. The maximum Gasteiger partial charge on any atom is 0.412 e. The van der Waals surface area contributed by atoms with Crippen molar-refractivity contribution in [1.29, 1.82) is 0 Å². The Balaban J connectivity index is 1.69. The van der Waals surface area contributed by atoms with Gasteiger partial charge in [-0.3, -0.25) is 5.32 Å². The van der Waals surface area contributed by atoms with E-state index in [1.807, 2.05) is 24.3 Å². The number of nitrogens with zero attached hydrogens (tertiary/aromatic N) is 2. The van der Waals surface area contributed by atoms with Crippen molar-refractivity contribution in [3.05, 3.63) is 47.5 Å². The molecular formula is C22H26FN3O3. The van der Waals surface area contributed by atoms with Gasteiger partial charge in [-0.2, -0.15) is 4.39 Å². The summed E-state index contributed by atoms with van der Waals surface area (Å²) in [6.07, 6.45) is 3.22. The summed E-state index contributed by atoms with van der Waals surface area (Å²) in [7, 11) is 1.64. The third kappa shape index (κ3) is 3.73. The second-order valence-corrected chi connectivity index (χ2v) is 8.54. The number of nitrogens with one attached hydrogen (secondary N) is 1. The second-order valence-electron chi connectivity index (χ2n) is 8.54. The second kappa shape index (κ2) is 7.21. The molecule has 154 valence electrons. The SMILES string of the molecule is COc1ccc(N2C3CC[C@H]2Cc2c(F)ncc(NC(=O)OC(C)(C)C)c23)cc1. The summed E-state index contributed by atoms with van der Waals surface area (Å²) in [5, 5.41) is 2.79. The molecule has 1 aromatic heterocycles. The van der Waals surface area contributed by atoms with Gasteiger partial charge in [0.1, 0.15) is 11.4 Å². The zero-order valence-corrected chi connectivity index (χ0v) is 17.2. The molecule has 6 nitrogen and oxygen atoms in total. The van der Waals surface area contributed by atoms with Crippen LogP contribution in [0.2, 0.25) is 0 Å². The molecule has 0 radical (unpaired) electrons. The third-order valence-electron chi connectivity index (χ3n) is 5.45. The van der Waals surface area contributed by atoms with Crippen LogP contribution in [-0.4, -0.2) is 29.8 Å². The average Bonchev–Trinajstić information content (AvgIpc) is 2.96. The number of amides is 1. The highest BCUT2D eigenvalue weighted by molar-refractivity contribution is 5.86. The van der Waals surface area contributed by atoms with E-state index in [-0.39, 0.29) is 12.1 Å². The predicted octanol–water partition coefficient (Wildman–Crippen LogP) is 4.84. The van der Waals surface area contributed by atoms with Crippen molar-refractivity contribution in [2.45, 2.75) is 57.7 Å². The summed E-state index contributed by atoms with van der Waals surface area (Å²) in [4.78, 5) is 18.6. The van der Waals surface area contributed by atoms with Crippen LogP contribution in [-0.2, 0) is 11.2 Å². The van der Waals surface area contributed by atoms with Crippen LogP contribution in [0.15, 0.2) is 30.5 Å². The molecule has 2 aromatic rings. The molecule has 1 N–H and O–H groups in total. The average molecular weight is 399 g/mol. The number of fused-ring (bicyclic) bond motifs is 4. The van der Waals surface area contributed by atoms with E-state index < -0.39 is 17.6 Å². The van der Waals surface area contributed by atoms with Crippen LogP contribution in [0, 0.1) is 5.95 Å². The Morgan fingerprint density at radius 2 is 1.97 bits per heavy atom. The van der Waals surface area contributed by atoms with Crippen LogP contribution < -0.4 is 15.0 Å². The first-order chi connectivity index (χ1) is 13.8. The van der Waals surface area contributed by atoms with Crippen molar-refractivity contribution in [3.8, 4) is 5.75 Å². The zero-order chi connectivity index (χ0) is 20.8. The lowest BCUT2D eigenvalue weighted by Crippen LogP contribution is -2.39. The molecule has 2 aliphatic heterocycles. The van der Waals surface area contributed by atoms with Gasteiger partial charge in [0.05, 0.1) is 25.0 Å². The van der Waals surface area contributed by atoms with Crippen molar-refractivity contribution in [3.63, 3.8) is 0 Å². The fraction of sp³-hybridized carbons (Fsp3) is 0.455. The van der Waals surface area contributed by atoms with Gasteiger partial charge in [0.25, 0.3) is 0 Å². The normalized spacial score (nSPS) is 20.2. The molecule has 2 atom stereocenters. The van der Waals surface area contributed by atoms with Gasteiger partial charge < -0.3 is 14.4 Å². The van der Waals surface area contributed by atoms with Crippen molar-refractivity contribution >= 4 is 17.5 Å². The molecule has 3 heterocycles. The highest BCUT2D eigenvalue weighted by atomic mass is 19.1. The Bertz CT molecular complexity index is 924. The first-order valence-electron chi connectivity index (χ1n) is 9.86. The lowest BCUT2D eigenvalue weighted by molar-refractivity contribution is 0.0635. The van der Waals surface area contributed by atoms with E-state index in [9.17, 15) is 9.18 Å². The minimum Gasteiger partial charge on any atom is -0.497 e. The van der Waals surface area contributed by atoms with Crippen molar-refractivity contribution in [2.24, 2.45) is 0 Å². The lowest BCUT2D eigenvalue weighted by atomic mass is 9.92. The number of hydrogen-bond acceptors (Lipinski definition) is 5. The first kappa shape index (κ1) is 19.5. The Morgan fingerprint density at radius 1 is 1.24 bits per heavy atom. The smallest absolute Gasteiger partial charge is 0.412 e. The van der Waals surface area contributed by atoms with Crippen LogP contribution in [0.4, 0.5) is 20.6 Å². The van der Waals surface area contributed by atoms with Crippen molar-refractivity contribution in [1.82, 2.24) is 4.98 Å². The number of anilines is 2. The van der Waals surface area contributed by atoms with Gasteiger partial charge in [-0.25, -0.2) is 9.78 Å². The van der Waals surface area contributed by atoms with E-state index in [1.165, 1.54) is 6.20 Å². The molecular weight excluding hydrogens is 373 g/mol. The molecule has 1 fully saturated rings. The molecule has 1 aromatic carbocycles. The van der Waals surface area contributed by atoms with Crippen LogP contribution >= 0.6 is 0 Å². The third-order valence-corrected chi connectivity index (χ3v) is 5.45. The largest absolute Gasteiger partial charge is 0.497 e. The van der Waals surface area contributed by atoms with E-state index in [0.29, 0.717) is 17.7 Å². The Labute approximate surface area is 170 Å². The number of rotatable bonds is 3. The van der Waals surface area contributed by atoms with Gasteiger partial charge in [0.2, 0.25) is 5.95 Å². The predicted molar refractivity (Wildman–Crippen MR) is 109 cm³/mol. The highest BCUT2D eigenvalue weighted by Crippen LogP contribution is 2.49. The highest BCUT2D eigenvalue weighted by Gasteiger charge is 2.43. The number of ether oxygens (including phenoxy) is 2. The minimum absolute atomic E-state index is 0.0282. The van der Waals surface area contributed by atoms with Gasteiger partial charge in [-0.05, 0) is 64.3 Å². The molecule has 0 aliphatic carbocycles. The molecule has 2 aliphatic rings. The monoisotopic (exact) mass is 399 g/mol. The lowest BCUT2D eigenvalue weighted by Gasteiger charge is -2.39. The summed E-state index contributed by atoms with van der Waals surface area (Å²) in [5.74, 6) is 0.335. The van der Waals surface area contributed by atoms with E-state index in [4.69, 9.17) is 9.47 Å². The molecule has 1 amide bonds. The van der Waals surface area contributed by atoms with Crippen molar-refractivity contribution in [2.75, 3.05) is 17.3 Å². The Hall–Kier alpha value is -2.83.